The molecule has 0 saturated carbocycles. The van der Waals surface area contributed by atoms with Crippen molar-refractivity contribution in [1.29, 1.82) is 0 Å². The van der Waals surface area contributed by atoms with E-state index in [9.17, 15) is 4.79 Å². The van der Waals surface area contributed by atoms with Crippen LogP contribution in [-0.4, -0.2) is 44.6 Å². The molecule has 3 nitrogen and oxygen atoms in total. The van der Waals surface area contributed by atoms with Crippen molar-refractivity contribution in [2.24, 2.45) is 0 Å². The molecule has 0 aliphatic carbocycles. The molecular formula is C15H24BrNO2. The number of hydrogen-bond donors (Lipinski definition) is 0. The summed E-state index contributed by atoms with van der Waals surface area (Å²) in [6.45, 7) is 3.46. The van der Waals surface area contributed by atoms with Crippen LogP contribution in [-0.2, 0) is 0 Å². The van der Waals surface area contributed by atoms with Gasteiger partial charge in [0.2, 0.25) is 0 Å². The smallest absolute Gasteiger partial charge is 0.159 e. The number of carbonyl (C=O) groups excluding carboxylic acids is 1. The third-order valence-electron chi connectivity index (χ3n) is 2.75. The monoisotopic (exact) mass is 329 g/mol. The highest BCUT2D eigenvalue weighted by Crippen LogP contribution is 2.13. The van der Waals surface area contributed by atoms with Crippen LogP contribution in [0.2, 0.25) is 0 Å². The van der Waals surface area contributed by atoms with Crippen LogP contribution in [0.4, 0.5) is 0 Å². The molecule has 0 aromatic heterocycles. The molecule has 1 aromatic carbocycles. The van der Waals surface area contributed by atoms with E-state index in [4.69, 9.17) is 4.74 Å². The number of benzene rings is 1. The van der Waals surface area contributed by atoms with Crippen molar-refractivity contribution in [3.63, 3.8) is 0 Å². The molecule has 4 heteroatoms. The zero-order chi connectivity index (χ0) is 13.6. The summed E-state index contributed by atoms with van der Waals surface area (Å²) in [5.41, 5.74) is 0.729. The second-order valence-corrected chi connectivity index (χ2v) is 5.65. The number of Topliss-reactive ketones (excluding diaryl/α,β-unsaturated/α-hetero) is 1. The molecule has 19 heavy (non-hydrogen) atoms. The third-order valence-corrected chi connectivity index (χ3v) is 2.75. The Morgan fingerprint density at radius 3 is 2.16 bits per heavy atom. The van der Waals surface area contributed by atoms with E-state index in [-0.39, 0.29) is 22.8 Å². The van der Waals surface area contributed by atoms with Gasteiger partial charge in [0.15, 0.2) is 5.78 Å². The zero-order valence-electron chi connectivity index (χ0n) is 12.3. The molecule has 0 saturated heterocycles. The van der Waals surface area contributed by atoms with Crippen LogP contribution in [0.1, 0.15) is 30.1 Å². The second-order valence-electron chi connectivity index (χ2n) is 5.65. The SMILES string of the molecule is CC(=O)c1ccc(OCCCC[N+](C)(C)C)cc1.[Br-]. The van der Waals surface area contributed by atoms with E-state index >= 15 is 0 Å². The highest BCUT2D eigenvalue weighted by molar-refractivity contribution is 5.94. The van der Waals surface area contributed by atoms with Gasteiger partial charge in [-0.2, -0.15) is 0 Å². The van der Waals surface area contributed by atoms with Crippen molar-refractivity contribution in [1.82, 2.24) is 0 Å². The number of hydrogen-bond acceptors (Lipinski definition) is 2. The molecule has 0 aliphatic heterocycles. The molecule has 0 fully saturated rings. The van der Waals surface area contributed by atoms with Gasteiger partial charge in [-0.3, -0.25) is 4.79 Å². The Morgan fingerprint density at radius 2 is 1.68 bits per heavy atom. The molecule has 0 atom stereocenters. The first-order chi connectivity index (χ1) is 8.38. The van der Waals surface area contributed by atoms with Gasteiger partial charge in [-0.1, -0.05) is 0 Å². The molecule has 0 aliphatic rings. The average Bonchev–Trinajstić information content (AvgIpc) is 2.27. The first-order valence-corrected chi connectivity index (χ1v) is 6.43. The predicted octanol–water partition coefficient (Wildman–Crippen LogP) is -0.242. The van der Waals surface area contributed by atoms with Gasteiger partial charge < -0.3 is 26.2 Å². The predicted molar refractivity (Wildman–Crippen MR) is 74.1 cm³/mol. The molecule has 0 spiro atoms. The van der Waals surface area contributed by atoms with Gasteiger partial charge in [-0.25, -0.2) is 0 Å². The minimum atomic E-state index is 0. The highest BCUT2D eigenvalue weighted by atomic mass is 79.9. The number of ketones is 1. The van der Waals surface area contributed by atoms with Crippen LogP contribution in [0.3, 0.4) is 0 Å². The van der Waals surface area contributed by atoms with Crippen LogP contribution in [0.5, 0.6) is 5.75 Å². The van der Waals surface area contributed by atoms with Crippen molar-refractivity contribution >= 4 is 5.78 Å². The van der Waals surface area contributed by atoms with Crippen LogP contribution in [0.15, 0.2) is 24.3 Å². The van der Waals surface area contributed by atoms with Crippen molar-refractivity contribution < 1.29 is 31.0 Å². The molecule has 0 N–H and O–H groups in total. The number of halogens is 1. The van der Waals surface area contributed by atoms with Crippen molar-refractivity contribution in [2.75, 3.05) is 34.3 Å². The average molecular weight is 330 g/mol. The Bertz CT molecular complexity index is 382. The standard InChI is InChI=1S/C15H24NO2.BrH/c1-13(17)14-7-9-15(10-8-14)18-12-6-5-11-16(2,3)4;/h7-10H,5-6,11-12H2,1-4H3;1H/q+1;/p-1. The molecule has 108 valence electrons. The van der Waals surface area contributed by atoms with E-state index in [1.807, 2.05) is 24.3 Å². The number of nitrogens with zero attached hydrogens (tertiary/aromatic N) is 1. The maximum Gasteiger partial charge on any atom is 0.159 e. The van der Waals surface area contributed by atoms with E-state index in [0.717, 1.165) is 41.8 Å². The first-order valence-electron chi connectivity index (χ1n) is 6.43. The quantitative estimate of drug-likeness (QED) is 0.392. The van der Waals surface area contributed by atoms with Crippen molar-refractivity contribution in [3.8, 4) is 5.75 Å². The fourth-order valence-corrected chi connectivity index (χ4v) is 1.66. The Labute approximate surface area is 126 Å². The Kier molecular flexibility index (Phi) is 7.95. The lowest BCUT2D eigenvalue weighted by atomic mass is 10.1. The lowest BCUT2D eigenvalue weighted by Gasteiger charge is -2.23. The zero-order valence-corrected chi connectivity index (χ0v) is 13.9. The number of rotatable bonds is 7. The maximum absolute atomic E-state index is 11.1. The summed E-state index contributed by atoms with van der Waals surface area (Å²) < 4.78 is 6.63. The van der Waals surface area contributed by atoms with E-state index in [1.54, 1.807) is 6.92 Å². The van der Waals surface area contributed by atoms with Gasteiger partial charge in [-0.05, 0) is 44.0 Å². The van der Waals surface area contributed by atoms with Crippen LogP contribution >= 0.6 is 0 Å². The minimum Gasteiger partial charge on any atom is -1.00 e. The molecule has 1 aromatic rings. The number of unbranched alkanes of at least 4 members (excludes halogenated alkanes) is 1. The first kappa shape index (κ1) is 18.1. The van der Waals surface area contributed by atoms with E-state index < -0.39 is 0 Å². The molecular weight excluding hydrogens is 306 g/mol. The molecule has 0 heterocycles. The largest absolute Gasteiger partial charge is 1.00 e. The summed E-state index contributed by atoms with van der Waals surface area (Å²) in [4.78, 5) is 11.1. The normalized spacial score (nSPS) is 10.7. The second kappa shape index (κ2) is 8.33. The molecule has 0 bridgehead atoms. The highest BCUT2D eigenvalue weighted by Gasteiger charge is 2.05. The lowest BCUT2D eigenvalue weighted by Crippen LogP contribution is -3.00. The van der Waals surface area contributed by atoms with Crippen molar-refractivity contribution in [2.45, 2.75) is 19.8 Å². The molecule has 0 unspecified atom stereocenters. The topological polar surface area (TPSA) is 26.3 Å². The fourth-order valence-electron chi connectivity index (χ4n) is 1.66. The Hall–Kier alpha value is -0.870. The summed E-state index contributed by atoms with van der Waals surface area (Å²) >= 11 is 0. The Morgan fingerprint density at radius 1 is 1.11 bits per heavy atom. The van der Waals surface area contributed by atoms with Gasteiger partial charge in [0.05, 0.1) is 34.3 Å². The van der Waals surface area contributed by atoms with Gasteiger partial charge in [0, 0.05) is 5.56 Å². The van der Waals surface area contributed by atoms with Gasteiger partial charge in [0.25, 0.3) is 0 Å². The van der Waals surface area contributed by atoms with Crippen molar-refractivity contribution in [3.05, 3.63) is 29.8 Å². The minimum absolute atomic E-state index is 0. The number of carbonyl (C=O) groups is 1. The summed E-state index contributed by atoms with van der Waals surface area (Å²) in [6.07, 6.45) is 2.22. The molecule has 1 rings (SSSR count). The van der Waals surface area contributed by atoms with Crippen LogP contribution in [0, 0.1) is 0 Å². The van der Waals surface area contributed by atoms with Crippen LogP contribution in [0.25, 0.3) is 0 Å². The van der Waals surface area contributed by atoms with E-state index in [0.29, 0.717) is 0 Å². The number of ether oxygens (including phenoxy) is 1. The summed E-state index contributed by atoms with van der Waals surface area (Å²) in [7, 11) is 6.59. The summed E-state index contributed by atoms with van der Waals surface area (Å²) in [5, 5.41) is 0. The maximum atomic E-state index is 11.1. The van der Waals surface area contributed by atoms with Gasteiger partial charge >= 0.3 is 0 Å². The van der Waals surface area contributed by atoms with E-state index in [1.165, 1.54) is 0 Å². The third kappa shape index (κ3) is 8.01. The van der Waals surface area contributed by atoms with Gasteiger partial charge in [-0.15, -0.1) is 0 Å². The lowest BCUT2D eigenvalue weighted by molar-refractivity contribution is -0.870. The molecule has 0 amide bonds. The Balaban J connectivity index is 0.00000324. The molecule has 0 radical (unpaired) electrons. The van der Waals surface area contributed by atoms with E-state index in [2.05, 4.69) is 21.1 Å². The summed E-state index contributed by atoms with van der Waals surface area (Å²) in [6, 6.07) is 7.33. The summed E-state index contributed by atoms with van der Waals surface area (Å²) in [5.74, 6) is 0.926. The van der Waals surface area contributed by atoms with Crippen LogP contribution < -0.4 is 21.7 Å². The van der Waals surface area contributed by atoms with Gasteiger partial charge in [0.1, 0.15) is 5.75 Å². The fraction of sp³-hybridized carbons (Fsp3) is 0.533. The number of quaternary nitrogens is 1.